The smallest absolute Gasteiger partial charge is 0.259 e. The van der Waals surface area contributed by atoms with E-state index in [1.54, 1.807) is 25.2 Å². The molecule has 0 radical (unpaired) electrons. The predicted octanol–water partition coefficient (Wildman–Crippen LogP) is 3.59. The van der Waals surface area contributed by atoms with Crippen LogP contribution in [0.2, 0.25) is 10.0 Å². The molecule has 3 rings (SSSR count). The van der Waals surface area contributed by atoms with E-state index in [0.29, 0.717) is 23.1 Å². The van der Waals surface area contributed by atoms with E-state index in [2.05, 4.69) is 4.90 Å². The molecule has 9 heteroatoms. The average Bonchev–Trinajstić information content (AvgIpc) is 2.96. The van der Waals surface area contributed by atoms with E-state index in [1.807, 2.05) is 13.8 Å². The number of ether oxygens (including phenoxy) is 1. The number of amides is 1. The number of aromatic nitrogens is 1. The highest BCUT2D eigenvalue weighted by molar-refractivity contribution is 6.42. The highest BCUT2D eigenvalue weighted by Gasteiger charge is 2.25. The third-order valence-electron chi connectivity index (χ3n) is 5.16. The molecule has 164 valence electrons. The molecule has 1 fully saturated rings. The Hall–Kier alpha value is -1.93. The van der Waals surface area contributed by atoms with Crippen molar-refractivity contribution in [2.75, 3.05) is 26.7 Å². The average molecular weight is 456 g/mol. The van der Waals surface area contributed by atoms with Crippen LogP contribution >= 0.6 is 23.2 Å². The molecule has 0 saturated carbocycles. The van der Waals surface area contributed by atoms with Crippen LogP contribution in [0.5, 0.6) is 11.6 Å². The summed E-state index contributed by atoms with van der Waals surface area (Å²) in [5.41, 5.74) is 0.859. The first-order chi connectivity index (χ1) is 14.2. The van der Waals surface area contributed by atoms with Gasteiger partial charge in [-0.1, -0.05) is 29.3 Å². The first-order valence-corrected chi connectivity index (χ1v) is 10.6. The molecule has 1 aliphatic heterocycles. The number of halogens is 2. The second-order valence-electron chi connectivity index (χ2n) is 7.83. The summed E-state index contributed by atoms with van der Waals surface area (Å²) in [6, 6.07) is 5.15. The van der Waals surface area contributed by atoms with Gasteiger partial charge in [0.15, 0.2) is 5.75 Å². The fourth-order valence-corrected chi connectivity index (χ4v) is 4.09. The van der Waals surface area contributed by atoms with Crippen molar-refractivity contribution in [3.05, 3.63) is 45.6 Å². The summed E-state index contributed by atoms with van der Waals surface area (Å²) >= 11 is 12.0. The third-order valence-corrected chi connectivity index (χ3v) is 5.90. The highest BCUT2D eigenvalue weighted by atomic mass is 35.5. The van der Waals surface area contributed by atoms with Crippen molar-refractivity contribution < 1.29 is 19.7 Å². The zero-order valence-electron chi connectivity index (χ0n) is 17.3. The number of nitrogens with zero attached hydrogens (tertiary/aromatic N) is 3. The molecule has 2 aromatic rings. The van der Waals surface area contributed by atoms with E-state index in [-0.39, 0.29) is 30.2 Å². The summed E-state index contributed by atoms with van der Waals surface area (Å²) in [6.07, 6.45) is 1.78. The van der Waals surface area contributed by atoms with Gasteiger partial charge in [0.05, 0.1) is 22.3 Å². The van der Waals surface area contributed by atoms with Crippen LogP contribution in [-0.2, 0) is 17.8 Å². The molecule has 0 spiro atoms. The summed E-state index contributed by atoms with van der Waals surface area (Å²) in [4.78, 5) is 16.5. The van der Waals surface area contributed by atoms with Gasteiger partial charge in [-0.25, -0.2) is 0 Å². The van der Waals surface area contributed by atoms with Gasteiger partial charge in [-0.15, -0.1) is 0 Å². The fourth-order valence-electron chi connectivity index (χ4n) is 3.77. The van der Waals surface area contributed by atoms with Gasteiger partial charge in [0, 0.05) is 46.0 Å². The number of hydrogen-bond acceptors (Lipinski definition) is 5. The van der Waals surface area contributed by atoms with Gasteiger partial charge in [-0.3, -0.25) is 9.69 Å². The molecule has 2 unspecified atom stereocenters. The maximum atomic E-state index is 12.8. The third kappa shape index (κ3) is 5.21. The van der Waals surface area contributed by atoms with Crippen LogP contribution in [0.25, 0.3) is 0 Å². The molecule has 1 aliphatic rings. The number of carbonyl (C=O) groups is 1. The number of aromatic hydroxyl groups is 2. The van der Waals surface area contributed by atoms with E-state index in [0.717, 1.165) is 18.7 Å². The molecule has 0 aliphatic carbocycles. The Bertz CT molecular complexity index is 908. The second kappa shape index (κ2) is 9.47. The van der Waals surface area contributed by atoms with Crippen LogP contribution < -0.4 is 0 Å². The molecule has 2 N–H and O–H groups in total. The van der Waals surface area contributed by atoms with Crippen LogP contribution in [0.15, 0.2) is 24.4 Å². The van der Waals surface area contributed by atoms with Crippen molar-refractivity contribution >= 4 is 29.1 Å². The number of carbonyl (C=O) groups excluding carboxylic acids is 1. The SMILES string of the molecule is CC1CN(CCn2cc(C(=O)N(C)Cc3ccc(Cl)c(Cl)c3)c(O)c2O)CC(C)O1. The molecule has 2 atom stereocenters. The van der Waals surface area contributed by atoms with Crippen molar-refractivity contribution in [2.45, 2.75) is 39.1 Å². The first kappa shape index (κ1) is 22.7. The Morgan fingerprint density at radius 1 is 1.17 bits per heavy atom. The lowest BCUT2D eigenvalue weighted by Crippen LogP contribution is -2.46. The predicted molar refractivity (Wildman–Crippen MR) is 116 cm³/mol. The van der Waals surface area contributed by atoms with Crippen molar-refractivity contribution in [3.63, 3.8) is 0 Å². The lowest BCUT2D eigenvalue weighted by Gasteiger charge is -2.35. The maximum absolute atomic E-state index is 12.8. The molecule has 0 bridgehead atoms. The summed E-state index contributed by atoms with van der Waals surface area (Å²) in [5, 5.41) is 21.5. The minimum Gasteiger partial charge on any atom is -0.503 e. The van der Waals surface area contributed by atoms with Gasteiger partial charge in [-0.2, -0.15) is 0 Å². The molecule has 2 heterocycles. The second-order valence-corrected chi connectivity index (χ2v) is 8.65. The van der Waals surface area contributed by atoms with Crippen LogP contribution in [-0.4, -0.2) is 69.4 Å². The zero-order chi connectivity index (χ0) is 22.0. The van der Waals surface area contributed by atoms with Gasteiger partial charge in [0.2, 0.25) is 5.88 Å². The summed E-state index contributed by atoms with van der Waals surface area (Å²) in [7, 11) is 1.62. The van der Waals surface area contributed by atoms with E-state index in [4.69, 9.17) is 27.9 Å². The lowest BCUT2D eigenvalue weighted by atomic mass is 10.2. The van der Waals surface area contributed by atoms with Crippen LogP contribution in [0.4, 0.5) is 0 Å². The number of rotatable bonds is 6. The van der Waals surface area contributed by atoms with Crippen molar-refractivity contribution in [2.24, 2.45) is 0 Å². The van der Waals surface area contributed by atoms with E-state index >= 15 is 0 Å². The Labute approximate surface area is 186 Å². The number of morpholine rings is 1. The van der Waals surface area contributed by atoms with Crippen LogP contribution in [0.3, 0.4) is 0 Å². The van der Waals surface area contributed by atoms with Gasteiger partial charge >= 0.3 is 0 Å². The van der Waals surface area contributed by atoms with Gasteiger partial charge < -0.3 is 24.4 Å². The van der Waals surface area contributed by atoms with Crippen molar-refractivity contribution in [3.8, 4) is 11.6 Å². The van der Waals surface area contributed by atoms with E-state index in [1.165, 1.54) is 15.7 Å². The molecular weight excluding hydrogens is 429 g/mol. The van der Waals surface area contributed by atoms with Gasteiger partial charge in [0.25, 0.3) is 5.91 Å². The topological polar surface area (TPSA) is 78.2 Å². The molecule has 1 aromatic carbocycles. The lowest BCUT2D eigenvalue weighted by molar-refractivity contribution is -0.0686. The largest absolute Gasteiger partial charge is 0.503 e. The number of hydrogen-bond donors (Lipinski definition) is 2. The monoisotopic (exact) mass is 455 g/mol. The Morgan fingerprint density at radius 3 is 2.47 bits per heavy atom. The summed E-state index contributed by atoms with van der Waals surface area (Å²) < 4.78 is 7.23. The summed E-state index contributed by atoms with van der Waals surface area (Å²) in [6.45, 7) is 7.07. The minimum atomic E-state index is -0.412. The van der Waals surface area contributed by atoms with Crippen molar-refractivity contribution in [1.82, 2.24) is 14.4 Å². The normalized spacial score (nSPS) is 19.8. The maximum Gasteiger partial charge on any atom is 0.259 e. The van der Waals surface area contributed by atoms with E-state index < -0.39 is 11.7 Å². The molecule has 1 saturated heterocycles. The molecule has 7 nitrogen and oxygen atoms in total. The zero-order valence-corrected chi connectivity index (χ0v) is 18.8. The molecule has 1 amide bonds. The quantitative estimate of drug-likeness (QED) is 0.695. The molecular formula is C21H27Cl2N3O4. The standard InChI is InChI=1S/C21H27Cl2N3O4/c1-13-9-25(10-14(2)30-13)6-7-26-12-16(19(27)21(26)29)20(28)24(3)11-15-4-5-17(22)18(23)8-15/h4-5,8,12-14,27,29H,6-7,9-11H2,1-3H3. The molecule has 1 aromatic heterocycles. The summed E-state index contributed by atoms with van der Waals surface area (Å²) in [5.74, 6) is -1.12. The Morgan fingerprint density at radius 2 is 1.83 bits per heavy atom. The van der Waals surface area contributed by atoms with Crippen LogP contribution in [0.1, 0.15) is 29.8 Å². The van der Waals surface area contributed by atoms with Crippen LogP contribution in [0, 0.1) is 0 Å². The first-order valence-electron chi connectivity index (χ1n) is 9.84. The van der Waals surface area contributed by atoms with E-state index in [9.17, 15) is 15.0 Å². The highest BCUT2D eigenvalue weighted by Crippen LogP contribution is 2.32. The Kier molecular flexibility index (Phi) is 7.18. The van der Waals surface area contributed by atoms with Gasteiger partial charge in [-0.05, 0) is 31.5 Å². The van der Waals surface area contributed by atoms with Crippen molar-refractivity contribution in [1.29, 1.82) is 0 Å². The fraction of sp³-hybridized carbons (Fsp3) is 0.476. The minimum absolute atomic E-state index is 0.0544. The van der Waals surface area contributed by atoms with Gasteiger partial charge in [0.1, 0.15) is 5.56 Å². The molecule has 30 heavy (non-hydrogen) atoms. The number of benzene rings is 1. The Balaban J connectivity index is 1.67.